The van der Waals surface area contributed by atoms with Gasteiger partial charge in [0, 0.05) is 32.8 Å². The van der Waals surface area contributed by atoms with E-state index < -0.39 is 11.7 Å². The van der Waals surface area contributed by atoms with Gasteiger partial charge in [-0.1, -0.05) is 126 Å². The number of rotatable bonds is 4. The van der Waals surface area contributed by atoms with Crippen LogP contribution in [0.4, 0.5) is 13.2 Å². The molecule has 0 amide bonds. The molecule has 9 aromatic rings. The maximum atomic E-state index is 15.3. The van der Waals surface area contributed by atoms with Crippen LogP contribution >= 0.6 is 0 Å². The standard InChI is InChI=1S/C61H60F3N3/c1-36-15-14-16-50(61(62,63)64)56(36)43-23-22-42(66-51-25-18-38(57(2,3)4)30-46(51)47-31-39(58(5,6)7)19-26-52(47)66)34-44(43)45-29-37(35-65)17-24-53(45)67-54-27-20-40(59(8,9)10)32-48(54)49-33-41(60(11,12)13)21-28-55(49)67/h14-34H,1-13H3. The molecular weight excluding hydrogens is 832 g/mol. The van der Waals surface area contributed by atoms with Gasteiger partial charge in [0.15, 0.2) is 0 Å². The minimum absolute atomic E-state index is 0.0968. The topological polar surface area (TPSA) is 33.6 Å². The Balaban J connectivity index is 1.43. The highest BCUT2D eigenvalue weighted by atomic mass is 19.4. The van der Waals surface area contributed by atoms with Crippen molar-refractivity contribution in [2.24, 2.45) is 0 Å². The lowest BCUT2D eigenvalue weighted by Crippen LogP contribution is -2.10. The van der Waals surface area contributed by atoms with Gasteiger partial charge in [-0.05, 0) is 158 Å². The summed E-state index contributed by atoms with van der Waals surface area (Å²) in [5.74, 6) is 0. The van der Waals surface area contributed by atoms with Crippen LogP contribution < -0.4 is 0 Å². The molecule has 2 aromatic heterocycles. The molecule has 67 heavy (non-hydrogen) atoms. The molecule has 0 atom stereocenters. The van der Waals surface area contributed by atoms with E-state index in [1.807, 2.05) is 36.4 Å². The van der Waals surface area contributed by atoms with Crippen molar-refractivity contribution in [2.75, 3.05) is 0 Å². The maximum absolute atomic E-state index is 15.3. The smallest absolute Gasteiger partial charge is 0.309 e. The number of alkyl halides is 3. The Kier molecular flexibility index (Phi) is 10.5. The second-order valence-electron chi connectivity index (χ2n) is 22.7. The summed E-state index contributed by atoms with van der Waals surface area (Å²) in [6, 6.07) is 44.9. The number of benzene rings is 7. The lowest BCUT2D eigenvalue weighted by Gasteiger charge is -2.23. The summed E-state index contributed by atoms with van der Waals surface area (Å²) in [6.07, 6.45) is -4.63. The van der Waals surface area contributed by atoms with Gasteiger partial charge in [-0.2, -0.15) is 18.4 Å². The number of hydrogen-bond donors (Lipinski definition) is 0. The average Bonchev–Trinajstić information content (AvgIpc) is 3.76. The van der Waals surface area contributed by atoms with Crippen molar-refractivity contribution >= 4 is 43.6 Å². The van der Waals surface area contributed by atoms with Crippen molar-refractivity contribution in [3.05, 3.63) is 166 Å². The number of hydrogen-bond acceptors (Lipinski definition) is 1. The van der Waals surface area contributed by atoms with Crippen molar-refractivity contribution in [3.8, 4) is 39.7 Å². The monoisotopic (exact) mass is 891 g/mol. The number of aryl methyl sites for hydroxylation is 1. The van der Waals surface area contributed by atoms with E-state index in [0.29, 0.717) is 27.8 Å². The molecule has 340 valence electrons. The van der Waals surface area contributed by atoms with E-state index in [9.17, 15) is 5.26 Å². The zero-order valence-corrected chi connectivity index (χ0v) is 41.1. The molecule has 0 aliphatic carbocycles. The van der Waals surface area contributed by atoms with E-state index in [-0.39, 0.29) is 27.2 Å². The van der Waals surface area contributed by atoms with E-state index >= 15 is 13.2 Å². The van der Waals surface area contributed by atoms with E-state index in [4.69, 9.17) is 0 Å². The molecule has 0 fully saturated rings. The summed E-state index contributed by atoms with van der Waals surface area (Å²) in [6.45, 7) is 28.3. The SMILES string of the molecule is Cc1cccc(C(F)(F)F)c1-c1ccc(-n2c3ccc(C(C)(C)C)cc3c3cc(C(C)(C)C)ccc32)cc1-c1cc(C#N)ccc1-n1c2ccc(C(C)(C)C)cc2c2cc(C(C)(C)C)ccc21. The van der Waals surface area contributed by atoms with Gasteiger partial charge < -0.3 is 9.13 Å². The second kappa shape index (κ2) is 15.5. The highest BCUT2D eigenvalue weighted by Crippen LogP contribution is 2.47. The second-order valence-corrected chi connectivity index (χ2v) is 22.7. The van der Waals surface area contributed by atoms with Crippen molar-refractivity contribution in [3.63, 3.8) is 0 Å². The molecule has 0 N–H and O–H groups in total. The number of halogens is 3. The molecule has 9 rings (SSSR count). The van der Waals surface area contributed by atoms with Crippen LogP contribution in [0.15, 0.2) is 127 Å². The van der Waals surface area contributed by atoms with Crippen LogP contribution in [0.3, 0.4) is 0 Å². The normalized spacial score (nSPS) is 13.1. The first-order valence-corrected chi connectivity index (χ1v) is 23.3. The molecule has 0 radical (unpaired) electrons. The van der Waals surface area contributed by atoms with Gasteiger partial charge in [0.05, 0.1) is 45.0 Å². The fraction of sp³-hybridized carbons (Fsp3) is 0.295. The summed E-state index contributed by atoms with van der Waals surface area (Å²) in [4.78, 5) is 0. The average molecular weight is 892 g/mol. The van der Waals surface area contributed by atoms with Crippen molar-refractivity contribution < 1.29 is 13.2 Å². The molecule has 0 bridgehead atoms. The minimum atomic E-state index is -4.63. The Bertz CT molecular complexity index is 3360. The predicted molar refractivity (Wildman–Crippen MR) is 275 cm³/mol. The fourth-order valence-electron chi connectivity index (χ4n) is 9.84. The van der Waals surface area contributed by atoms with E-state index in [1.54, 1.807) is 13.0 Å². The first-order valence-electron chi connectivity index (χ1n) is 23.3. The first-order chi connectivity index (χ1) is 31.3. The van der Waals surface area contributed by atoms with Crippen LogP contribution in [0.1, 0.15) is 122 Å². The van der Waals surface area contributed by atoms with Gasteiger partial charge in [0.2, 0.25) is 0 Å². The predicted octanol–water partition coefficient (Wildman–Crippen LogP) is 17.6. The van der Waals surface area contributed by atoms with Gasteiger partial charge in [-0.3, -0.25) is 0 Å². The molecule has 0 aliphatic heterocycles. The Morgan fingerprint density at radius 1 is 0.433 bits per heavy atom. The van der Waals surface area contributed by atoms with E-state index in [1.165, 1.54) is 34.4 Å². The van der Waals surface area contributed by atoms with E-state index in [2.05, 4.69) is 171 Å². The van der Waals surface area contributed by atoms with E-state index in [0.717, 1.165) is 55.0 Å². The molecule has 0 saturated heterocycles. The highest BCUT2D eigenvalue weighted by Gasteiger charge is 2.35. The fourth-order valence-corrected chi connectivity index (χ4v) is 9.84. The molecular formula is C61H60F3N3. The molecule has 7 aromatic carbocycles. The number of nitrogens with zero attached hydrogens (tertiary/aromatic N) is 3. The lowest BCUT2D eigenvalue weighted by molar-refractivity contribution is -0.137. The molecule has 6 heteroatoms. The van der Waals surface area contributed by atoms with Crippen molar-refractivity contribution in [1.29, 1.82) is 5.26 Å². The summed E-state index contributed by atoms with van der Waals surface area (Å²) < 4.78 is 50.3. The molecule has 3 nitrogen and oxygen atoms in total. The summed E-state index contributed by atoms with van der Waals surface area (Å²) in [7, 11) is 0. The largest absolute Gasteiger partial charge is 0.417 e. The van der Waals surface area contributed by atoms with Crippen LogP contribution in [0.25, 0.3) is 77.2 Å². The number of fused-ring (bicyclic) bond motifs is 6. The lowest BCUT2D eigenvalue weighted by atomic mass is 9.85. The summed E-state index contributed by atoms with van der Waals surface area (Å²) >= 11 is 0. The van der Waals surface area contributed by atoms with Gasteiger partial charge in [-0.25, -0.2) is 0 Å². The Morgan fingerprint density at radius 3 is 1.27 bits per heavy atom. The zero-order valence-electron chi connectivity index (χ0n) is 41.1. The molecule has 0 aliphatic rings. The quantitative estimate of drug-likeness (QED) is 0.173. The number of nitriles is 1. The van der Waals surface area contributed by atoms with Crippen LogP contribution in [-0.2, 0) is 27.8 Å². The first kappa shape index (κ1) is 45.6. The Morgan fingerprint density at radius 2 is 0.866 bits per heavy atom. The maximum Gasteiger partial charge on any atom is 0.417 e. The summed E-state index contributed by atoms with van der Waals surface area (Å²) in [5.41, 5.74) is 11.9. The Hall–Kier alpha value is -6.58. The molecule has 0 saturated carbocycles. The number of aromatic nitrogens is 2. The van der Waals surface area contributed by atoms with Crippen molar-refractivity contribution in [1.82, 2.24) is 9.13 Å². The van der Waals surface area contributed by atoms with Gasteiger partial charge >= 0.3 is 6.18 Å². The molecule has 2 heterocycles. The zero-order chi connectivity index (χ0) is 48.3. The Labute approximate surface area is 393 Å². The third kappa shape index (κ3) is 7.91. The van der Waals surface area contributed by atoms with Gasteiger partial charge in [0.25, 0.3) is 0 Å². The van der Waals surface area contributed by atoms with Gasteiger partial charge in [0.1, 0.15) is 0 Å². The van der Waals surface area contributed by atoms with Crippen LogP contribution in [0.5, 0.6) is 0 Å². The van der Waals surface area contributed by atoms with Crippen LogP contribution in [-0.4, -0.2) is 9.13 Å². The van der Waals surface area contributed by atoms with Crippen LogP contribution in [0.2, 0.25) is 0 Å². The third-order valence-corrected chi connectivity index (χ3v) is 13.8. The van der Waals surface area contributed by atoms with Crippen molar-refractivity contribution in [2.45, 2.75) is 118 Å². The highest BCUT2D eigenvalue weighted by molar-refractivity contribution is 6.12. The molecule has 0 spiro atoms. The minimum Gasteiger partial charge on any atom is -0.309 e. The summed E-state index contributed by atoms with van der Waals surface area (Å²) in [5, 5.41) is 15.0. The van der Waals surface area contributed by atoms with Crippen LogP contribution in [0, 0.1) is 18.3 Å². The van der Waals surface area contributed by atoms with Gasteiger partial charge in [-0.15, -0.1) is 0 Å². The third-order valence-electron chi connectivity index (χ3n) is 13.8. The molecule has 0 unspecified atom stereocenters.